The van der Waals surface area contributed by atoms with Crippen LogP contribution in [0.1, 0.15) is 58.3 Å². The number of nitrogens with zero attached hydrogens (tertiary/aromatic N) is 4. The normalized spacial score (nSPS) is 13.6. The monoisotopic (exact) mass is 614 g/mol. The van der Waals surface area contributed by atoms with Gasteiger partial charge in [-0.3, -0.25) is 38.0 Å². The smallest absolute Gasteiger partial charge is 0.303 e. The van der Waals surface area contributed by atoms with Crippen molar-refractivity contribution in [2.24, 2.45) is 0 Å². The van der Waals surface area contributed by atoms with Crippen molar-refractivity contribution in [2.45, 2.75) is 66.0 Å². The van der Waals surface area contributed by atoms with Gasteiger partial charge in [0, 0.05) is 47.6 Å². The van der Waals surface area contributed by atoms with E-state index >= 15 is 0 Å². The molecule has 16 nitrogen and oxygen atoms in total. The summed E-state index contributed by atoms with van der Waals surface area (Å²) in [6, 6.07) is 9.53. The predicted octanol–water partition coefficient (Wildman–Crippen LogP) is 1.18. The molecule has 2 heterocycles. The fourth-order valence-electron chi connectivity index (χ4n) is 4.40. The van der Waals surface area contributed by atoms with Crippen LogP contribution in [0.5, 0.6) is 0 Å². The Bertz CT molecular complexity index is 1650. The summed E-state index contributed by atoms with van der Waals surface area (Å²) in [6.07, 6.45) is -6.92. The van der Waals surface area contributed by atoms with Gasteiger partial charge in [0.1, 0.15) is 6.61 Å². The van der Waals surface area contributed by atoms with Gasteiger partial charge in [0.2, 0.25) is 17.8 Å². The zero-order chi connectivity index (χ0) is 32.7. The summed E-state index contributed by atoms with van der Waals surface area (Å²) in [6.45, 7) is 5.65. The molecular weight excluding hydrogens is 584 g/mol. The van der Waals surface area contributed by atoms with Gasteiger partial charge in [-0.2, -0.15) is 0 Å². The number of carbonyl (C=O) groups is 6. The molecule has 0 bridgehead atoms. The minimum absolute atomic E-state index is 0.155. The lowest BCUT2D eigenvalue weighted by molar-refractivity contribution is -0.204. The van der Waals surface area contributed by atoms with E-state index in [1.165, 1.54) is 4.40 Å². The molecule has 0 aliphatic carbocycles. The van der Waals surface area contributed by atoms with Gasteiger partial charge in [0.25, 0.3) is 5.56 Å². The molecule has 4 atom stereocenters. The van der Waals surface area contributed by atoms with Crippen molar-refractivity contribution in [1.82, 2.24) is 19.2 Å². The standard InChI is InChI=1S/C28H30N4O12/c1-14(33)31-23(39)12-21(20-10-8-7-9-11-20)32-27(29-30-28(31)32)26(44-19(6)38)25(43-18(5)37)24(42-17(4)36)22(41-16(3)35)13-40-15(2)34/h7-12,22,24-26H,13H2,1-6H3/t22-,24-,25+,26-/m1/s1. The first kappa shape index (κ1) is 33.1. The van der Waals surface area contributed by atoms with Crippen LogP contribution in [-0.2, 0) is 47.7 Å². The summed E-state index contributed by atoms with van der Waals surface area (Å²) < 4.78 is 28.8. The molecule has 0 saturated heterocycles. The van der Waals surface area contributed by atoms with Gasteiger partial charge >= 0.3 is 29.8 Å². The van der Waals surface area contributed by atoms with Crippen LogP contribution in [0.15, 0.2) is 41.2 Å². The largest absolute Gasteiger partial charge is 0.462 e. The highest BCUT2D eigenvalue weighted by molar-refractivity contribution is 5.81. The Hall–Kier alpha value is -5.41. The summed E-state index contributed by atoms with van der Waals surface area (Å²) in [4.78, 5) is 86.3. The minimum Gasteiger partial charge on any atom is -0.462 e. The molecule has 0 radical (unpaired) electrons. The number of esters is 5. The van der Waals surface area contributed by atoms with E-state index in [1.54, 1.807) is 30.3 Å². The van der Waals surface area contributed by atoms with Crippen LogP contribution in [0.2, 0.25) is 0 Å². The third-order valence-corrected chi connectivity index (χ3v) is 5.89. The van der Waals surface area contributed by atoms with Gasteiger partial charge in [0.05, 0.1) is 5.69 Å². The summed E-state index contributed by atoms with van der Waals surface area (Å²) in [5, 5.41) is 8.11. The number of hydrogen-bond acceptors (Lipinski definition) is 14. The lowest BCUT2D eigenvalue weighted by atomic mass is 10.0. The second-order valence-electron chi connectivity index (χ2n) is 9.41. The van der Waals surface area contributed by atoms with Gasteiger partial charge in [-0.25, -0.2) is 4.57 Å². The van der Waals surface area contributed by atoms with Gasteiger partial charge in [-0.1, -0.05) is 30.3 Å². The third kappa shape index (κ3) is 7.90. The Balaban J connectivity index is 2.41. The van der Waals surface area contributed by atoms with Crippen molar-refractivity contribution in [3.05, 3.63) is 52.6 Å². The van der Waals surface area contributed by atoms with Crippen molar-refractivity contribution in [1.29, 1.82) is 0 Å². The summed E-state index contributed by atoms with van der Waals surface area (Å²) in [5.74, 6) is -5.73. The van der Waals surface area contributed by atoms with Crippen LogP contribution in [0, 0.1) is 0 Å². The van der Waals surface area contributed by atoms with Crippen LogP contribution in [-0.4, -0.2) is 79.8 Å². The number of carbonyl (C=O) groups excluding carboxylic acids is 6. The number of rotatable bonds is 11. The molecule has 0 saturated carbocycles. The zero-order valence-electron chi connectivity index (χ0n) is 24.7. The predicted molar refractivity (Wildman–Crippen MR) is 147 cm³/mol. The first-order valence-corrected chi connectivity index (χ1v) is 13.1. The lowest BCUT2D eigenvalue weighted by Gasteiger charge is -2.34. The van der Waals surface area contributed by atoms with Gasteiger partial charge in [0.15, 0.2) is 24.1 Å². The Morgan fingerprint density at radius 3 is 1.82 bits per heavy atom. The molecule has 1 aromatic carbocycles. The molecule has 44 heavy (non-hydrogen) atoms. The summed E-state index contributed by atoms with van der Waals surface area (Å²) >= 11 is 0. The van der Waals surface area contributed by atoms with E-state index in [0.717, 1.165) is 52.2 Å². The Morgan fingerprint density at radius 1 is 0.727 bits per heavy atom. The molecule has 2 aromatic heterocycles. The number of benzene rings is 1. The van der Waals surface area contributed by atoms with Gasteiger partial charge < -0.3 is 23.7 Å². The fraction of sp³-hybridized carbons (Fsp3) is 0.393. The molecule has 0 fully saturated rings. The molecule has 234 valence electrons. The second-order valence-corrected chi connectivity index (χ2v) is 9.41. The van der Waals surface area contributed by atoms with Gasteiger partial charge in [-0.05, 0) is 5.56 Å². The maximum Gasteiger partial charge on any atom is 0.303 e. The van der Waals surface area contributed by atoms with E-state index in [1.807, 2.05) is 0 Å². The summed E-state index contributed by atoms with van der Waals surface area (Å²) in [5.41, 5.74) is -0.124. The maximum atomic E-state index is 13.0. The molecule has 0 amide bonds. The quantitative estimate of drug-likeness (QED) is 0.220. The SMILES string of the molecule is CC(=O)OC[C@@H](OC(C)=O)[C@@H](OC(C)=O)[C@H](OC(C)=O)[C@@H](OC(C)=O)c1nnc2n(C(C)=O)c(=O)cc(-c3ccccc3)n12. The van der Waals surface area contributed by atoms with E-state index in [2.05, 4.69) is 10.2 Å². The topological polar surface area (TPSA) is 201 Å². The lowest BCUT2D eigenvalue weighted by Crippen LogP contribution is -2.50. The molecule has 0 aliphatic heterocycles. The summed E-state index contributed by atoms with van der Waals surface area (Å²) in [7, 11) is 0. The van der Waals surface area contributed by atoms with Crippen LogP contribution >= 0.6 is 0 Å². The van der Waals surface area contributed by atoms with E-state index in [0.29, 0.717) is 5.56 Å². The molecule has 3 rings (SSSR count). The molecule has 16 heteroatoms. The molecule has 0 aliphatic rings. The molecule has 0 spiro atoms. The Morgan fingerprint density at radius 2 is 1.30 bits per heavy atom. The molecule has 0 unspecified atom stereocenters. The first-order chi connectivity index (χ1) is 20.7. The number of ether oxygens (including phenoxy) is 5. The highest BCUT2D eigenvalue weighted by Gasteiger charge is 2.46. The van der Waals surface area contributed by atoms with Crippen molar-refractivity contribution in [3.63, 3.8) is 0 Å². The Kier molecular flexibility index (Phi) is 10.7. The number of aromatic nitrogens is 4. The fourth-order valence-corrected chi connectivity index (χ4v) is 4.40. The van der Waals surface area contributed by atoms with Crippen molar-refractivity contribution in [3.8, 4) is 11.3 Å². The highest BCUT2D eigenvalue weighted by atomic mass is 16.6. The van der Waals surface area contributed by atoms with Gasteiger partial charge in [-0.15, -0.1) is 10.2 Å². The van der Waals surface area contributed by atoms with E-state index in [9.17, 15) is 33.6 Å². The van der Waals surface area contributed by atoms with Crippen LogP contribution < -0.4 is 5.56 Å². The van der Waals surface area contributed by atoms with Crippen LogP contribution in [0.3, 0.4) is 0 Å². The van der Waals surface area contributed by atoms with E-state index in [-0.39, 0.29) is 17.3 Å². The van der Waals surface area contributed by atoms with Crippen LogP contribution in [0.25, 0.3) is 17.0 Å². The third-order valence-electron chi connectivity index (χ3n) is 5.89. The molecule has 3 aromatic rings. The second kappa shape index (κ2) is 14.2. The van der Waals surface area contributed by atoms with Crippen molar-refractivity contribution >= 4 is 41.5 Å². The minimum atomic E-state index is -1.81. The maximum absolute atomic E-state index is 13.0. The average Bonchev–Trinajstić information content (AvgIpc) is 3.35. The van der Waals surface area contributed by atoms with E-state index < -0.39 is 72.3 Å². The van der Waals surface area contributed by atoms with Crippen LogP contribution in [0.4, 0.5) is 0 Å². The Labute approximate surface area is 249 Å². The zero-order valence-corrected chi connectivity index (χ0v) is 24.7. The highest BCUT2D eigenvalue weighted by Crippen LogP contribution is 2.32. The molecular formula is C28H30N4O12. The average molecular weight is 615 g/mol. The van der Waals surface area contributed by atoms with Crippen molar-refractivity contribution < 1.29 is 52.5 Å². The number of hydrogen-bond donors (Lipinski definition) is 0. The van der Waals surface area contributed by atoms with Crippen molar-refractivity contribution in [2.75, 3.05) is 6.61 Å². The first-order valence-electron chi connectivity index (χ1n) is 13.1. The number of fused-ring (bicyclic) bond motifs is 1. The van der Waals surface area contributed by atoms with E-state index in [4.69, 9.17) is 23.7 Å². The molecule has 0 N–H and O–H groups in total.